The van der Waals surface area contributed by atoms with Crippen molar-refractivity contribution in [2.45, 2.75) is 19.8 Å². The third-order valence-electron chi connectivity index (χ3n) is 3.02. The summed E-state index contributed by atoms with van der Waals surface area (Å²) in [4.78, 5) is 11.9. The third-order valence-corrected chi connectivity index (χ3v) is 3.02. The number of hydroxylamine groups is 1. The summed E-state index contributed by atoms with van der Waals surface area (Å²) in [5.41, 5.74) is 2.56. The summed E-state index contributed by atoms with van der Waals surface area (Å²) < 4.78 is 0. The number of anilines is 1. The van der Waals surface area contributed by atoms with Crippen molar-refractivity contribution >= 4 is 11.6 Å². The van der Waals surface area contributed by atoms with Crippen LogP contribution in [0.2, 0.25) is 0 Å². The number of carbonyl (C=O) groups is 1. The fourth-order valence-corrected chi connectivity index (χ4v) is 1.86. The summed E-state index contributed by atoms with van der Waals surface area (Å²) in [5, 5.41) is 10.6. The van der Waals surface area contributed by atoms with Crippen molar-refractivity contribution in [3.8, 4) is 0 Å². The van der Waals surface area contributed by atoms with Crippen LogP contribution in [0, 0.1) is 0 Å². The Bertz CT molecular complexity index is 534. The van der Waals surface area contributed by atoms with Crippen LogP contribution in [0.25, 0.3) is 0 Å². The van der Waals surface area contributed by atoms with Gasteiger partial charge >= 0.3 is 0 Å². The van der Waals surface area contributed by atoms with Gasteiger partial charge in [-0.25, -0.2) is 0 Å². The second kappa shape index (κ2) is 6.16. The van der Waals surface area contributed by atoms with Crippen molar-refractivity contribution in [1.29, 1.82) is 0 Å². The van der Waals surface area contributed by atoms with Crippen LogP contribution in [-0.4, -0.2) is 11.1 Å². The molecule has 19 heavy (non-hydrogen) atoms. The summed E-state index contributed by atoms with van der Waals surface area (Å²) >= 11 is 0. The fourth-order valence-electron chi connectivity index (χ4n) is 1.86. The van der Waals surface area contributed by atoms with Gasteiger partial charge in [-0.05, 0) is 29.7 Å². The molecule has 0 spiro atoms. The van der Waals surface area contributed by atoms with Crippen LogP contribution in [0.15, 0.2) is 54.6 Å². The lowest BCUT2D eigenvalue weighted by molar-refractivity contribution is -0.122. The Morgan fingerprint density at radius 1 is 1.00 bits per heavy atom. The third kappa shape index (κ3) is 3.42. The summed E-state index contributed by atoms with van der Waals surface area (Å²) in [6.45, 7) is 2.06. The van der Waals surface area contributed by atoms with Gasteiger partial charge in [0.15, 0.2) is 0 Å². The summed E-state index contributed by atoms with van der Waals surface area (Å²) in [5.74, 6) is -0.338. The van der Waals surface area contributed by atoms with E-state index in [1.807, 2.05) is 42.5 Å². The number of rotatable bonds is 4. The lowest BCUT2D eigenvalue weighted by atomic mass is 10.1. The first-order valence-electron chi connectivity index (χ1n) is 6.35. The molecule has 0 aliphatic heterocycles. The van der Waals surface area contributed by atoms with Crippen LogP contribution in [-0.2, 0) is 17.6 Å². The molecule has 0 saturated carbocycles. The van der Waals surface area contributed by atoms with E-state index < -0.39 is 0 Å². The number of hydrogen-bond donors (Lipinski definition) is 1. The van der Waals surface area contributed by atoms with Gasteiger partial charge in [-0.2, -0.15) is 5.06 Å². The van der Waals surface area contributed by atoms with Crippen molar-refractivity contribution in [3.63, 3.8) is 0 Å². The molecule has 0 aliphatic rings. The smallest absolute Gasteiger partial charge is 0.255 e. The average molecular weight is 255 g/mol. The number of nitrogens with zero attached hydrogens (tertiary/aromatic N) is 1. The van der Waals surface area contributed by atoms with E-state index in [1.165, 1.54) is 5.56 Å². The molecule has 0 heterocycles. The van der Waals surface area contributed by atoms with Crippen molar-refractivity contribution in [2.75, 3.05) is 5.06 Å². The largest absolute Gasteiger partial charge is 0.281 e. The van der Waals surface area contributed by atoms with Gasteiger partial charge in [-0.15, -0.1) is 0 Å². The van der Waals surface area contributed by atoms with E-state index in [4.69, 9.17) is 0 Å². The minimum atomic E-state index is -0.338. The van der Waals surface area contributed by atoms with Crippen molar-refractivity contribution in [3.05, 3.63) is 65.7 Å². The molecule has 2 rings (SSSR count). The number of benzene rings is 2. The van der Waals surface area contributed by atoms with Gasteiger partial charge in [0.25, 0.3) is 5.91 Å². The Kier molecular flexibility index (Phi) is 4.31. The van der Waals surface area contributed by atoms with Crippen molar-refractivity contribution in [1.82, 2.24) is 0 Å². The minimum Gasteiger partial charge on any atom is -0.281 e. The Hall–Kier alpha value is -2.13. The van der Waals surface area contributed by atoms with Crippen LogP contribution in [0.1, 0.15) is 18.1 Å². The Balaban J connectivity index is 2.06. The molecular weight excluding hydrogens is 238 g/mol. The van der Waals surface area contributed by atoms with Crippen LogP contribution in [0.3, 0.4) is 0 Å². The molecule has 0 atom stereocenters. The molecule has 1 amide bonds. The molecule has 3 nitrogen and oxygen atoms in total. The molecule has 0 saturated heterocycles. The zero-order chi connectivity index (χ0) is 13.7. The van der Waals surface area contributed by atoms with E-state index in [0.29, 0.717) is 10.8 Å². The van der Waals surface area contributed by atoms with E-state index in [1.54, 1.807) is 12.1 Å². The maximum atomic E-state index is 11.9. The highest BCUT2D eigenvalue weighted by Gasteiger charge is 2.13. The lowest BCUT2D eigenvalue weighted by Crippen LogP contribution is -2.28. The van der Waals surface area contributed by atoms with Crippen LogP contribution in [0.4, 0.5) is 5.69 Å². The highest BCUT2D eigenvalue weighted by molar-refractivity contribution is 5.92. The Morgan fingerprint density at radius 2 is 1.63 bits per heavy atom. The quantitative estimate of drug-likeness (QED) is 0.673. The Labute approximate surface area is 113 Å². The first-order chi connectivity index (χ1) is 9.20. The fraction of sp³-hybridized carbons (Fsp3) is 0.188. The molecule has 0 radical (unpaired) electrons. The molecule has 3 heteroatoms. The molecule has 0 aliphatic carbocycles. The SMILES string of the molecule is CCc1ccc(N(O)C(=O)Cc2ccccc2)cc1. The van der Waals surface area contributed by atoms with Crippen molar-refractivity contribution < 1.29 is 10.0 Å². The molecular formula is C16H17NO2. The van der Waals surface area contributed by atoms with Crippen molar-refractivity contribution in [2.24, 2.45) is 0 Å². The highest BCUT2D eigenvalue weighted by Crippen LogP contribution is 2.15. The maximum Gasteiger partial charge on any atom is 0.255 e. The highest BCUT2D eigenvalue weighted by atomic mass is 16.5. The topological polar surface area (TPSA) is 40.5 Å². The van der Waals surface area contributed by atoms with Gasteiger partial charge in [0, 0.05) is 0 Å². The average Bonchev–Trinajstić information content (AvgIpc) is 2.47. The molecule has 0 bridgehead atoms. The predicted molar refractivity (Wildman–Crippen MR) is 75.2 cm³/mol. The predicted octanol–water partition coefficient (Wildman–Crippen LogP) is 3.21. The number of aryl methyl sites for hydroxylation is 1. The van der Waals surface area contributed by atoms with Gasteiger partial charge in [0.2, 0.25) is 0 Å². The van der Waals surface area contributed by atoms with E-state index in [0.717, 1.165) is 12.0 Å². The minimum absolute atomic E-state index is 0.187. The molecule has 1 N–H and O–H groups in total. The first kappa shape index (κ1) is 13.3. The van der Waals surface area contributed by atoms with E-state index in [9.17, 15) is 10.0 Å². The maximum absolute atomic E-state index is 11.9. The summed E-state index contributed by atoms with van der Waals surface area (Å²) in [6, 6.07) is 16.7. The van der Waals surface area contributed by atoms with Crippen LogP contribution in [0.5, 0.6) is 0 Å². The van der Waals surface area contributed by atoms with Gasteiger partial charge in [-0.3, -0.25) is 10.0 Å². The van der Waals surface area contributed by atoms with E-state index >= 15 is 0 Å². The number of carbonyl (C=O) groups excluding carboxylic acids is 1. The molecule has 2 aromatic rings. The number of hydrogen-bond acceptors (Lipinski definition) is 2. The van der Waals surface area contributed by atoms with Gasteiger partial charge in [0.1, 0.15) is 0 Å². The number of amides is 1. The monoisotopic (exact) mass is 255 g/mol. The first-order valence-corrected chi connectivity index (χ1v) is 6.35. The molecule has 0 unspecified atom stereocenters. The van der Waals surface area contributed by atoms with Crippen LogP contribution >= 0.6 is 0 Å². The van der Waals surface area contributed by atoms with E-state index in [-0.39, 0.29) is 12.3 Å². The standard InChI is InChI=1S/C16H17NO2/c1-2-13-8-10-15(11-9-13)17(19)16(18)12-14-6-4-3-5-7-14/h3-11,19H,2,12H2,1H3. The summed E-state index contributed by atoms with van der Waals surface area (Å²) in [6.07, 6.45) is 1.12. The second-order valence-electron chi connectivity index (χ2n) is 4.39. The van der Waals surface area contributed by atoms with Gasteiger partial charge < -0.3 is 0 Å². The normalized spacial score (nSPS) is 10.2. The second-order valence-corrected chi connectivity index (χ2v) is 4.39. The van der Waals surface area contributed by atoms with Crippen LogP contribution < -0.4 is 5.06 Å². The molecule has 0 fully saturated rings. The zero-order valence-corrected chi connectivity index (χ0v) is 10.9. The Morgan fingerprint density at radius 3 is 2.21 bits per heavy atom. The van der Waals surface area contributed by atoms with Gasteiger partial charge in [0.05, 0.1) is 12.1 Å². The molecule has 0 aromatic heterocycles. The molecule has 98 valence electrons. The molecule has 2 aromatic carbocycles. The van der Waals surface area contributed by atoms with Gasteiger partial charge in [-0.1, -0.05) is 49.4 Å². The van der Waals surface area contributed by atoms with E-state index in [2.05, 4.69) is 6.92 Å². The lowest BCUT2D eigenvalue weighted by Gasteiger charge is -2.15. The zero-order valence-electron chi connectivity index (χ0n) is 10.9. The summed E-state index contributed by atoms with van der Waals surface area (Å²) in [7, 11) is 0.